The monoisotopic (exact) mass is 342 g/mol. The van der Waals surface area contributed by atoms with Crippen LogP contribution in [0.15, 0.2) is 61.2 Å². The summed E-state index contributed by atoms with van der Waals surface area (Å²) in [5, 5.41) is 11.8. The molecule has 0 aliphatic rings. The van der Waals surface area contributed by atoms with Gasteiger partial charge in [-0.3, -0.25) is 10.1 Å². The standard InChI is InChI=1S/C17H15ClN4O2/c18-14-4-2-13(3-5-14)16(21-8-7-20-11-21)9-12-1-6-15(19)17(10-12)22(23)24/h1-8,10-11,16H,9,19H2. The van der Waals surface area contributed by atoms with Crippen LogP contribution in [0.1, 0.15) is 17.2 Å². The molecule has 1 aromatic heterocycles. The highest BCUT2D eigenvalue weighted by atomic mass is 35.5. The lowest BCUT2D eigenvalue weighted by atomic mass is 9.98. The summed E-state index contributed by atoms with van der Waals surface area (Å²) in [4.78, 5) is 14.7. The first-order valence-corrected chi connectivity index (χ1v) is 7.68. The molecule has 6 nitrogen and oxygen atoms in total. The first-order chi connectivity index (χ1) is 11.5. The molecule has 0 aliphatic carbocycles. The number of nitro benzene ring substituents is 1. The highest BCUT2D eigenvalue weighted by molar-refractivity contribution is 6.30. The fraction of sp³-hybridized carbons (Fsp3) is 0.118. The second-order valence-electron chi connectivity index (χ2n) is 5.43. The second-order valence-corrected chi connectivity index (χ2v) is 5.87. The maximum absolute atomic E-state index is 11.1. The number of aromatic nitrogens is 2. The number of hydrogen-bond acceptors (Lipinski definition) is 4. The molecule has 24 heavy (non-hydrogen) atoms. The van der Waals surface area contributed by atoms with Crippen LogP contribution >= 0.6 is 11.6 Å². The van der Waals surface area contributed by atoms with Crippen LogP contribution in [0.25, 0.3) is 0 Å². The van der Waals surface area contributed by atoms with Gasteiger partial charge in [0.15, 0.2) is 0 Å². The van der Waals surface area contributed by atoms with Crippen LogP contribution in [0.2, 0.25) is 5.02 Å². The number of benzene rings is 2. The summed E-state index contributed by atoms with van der Waals surface area (Å²) in [5.74, 6) is 0. The van der Waals surface area contributed by atoms with Gasteiger partial charge in [0.2, 0.25) is 0 Å². The third-order valence-electron chi connectivity index (χ3n) is 3.86. The largest absolute Gasteiger partial charge is 0.393 e. The van der Waals surface area contributed by atoms with E-state index in [0.717, 1.165) is 11.1 Å². The van der Waals surface area contributed by atoms with E-state index in [9.17, 15) is 10.1 Å². The summed E-state index contributed by atoms with van der Waals surface area (Å²) in [6.07, 6.45) is 5.86. The van der Waals surface area contributed by atoms with E-state index in [2.05, 4.69) is 4.98 Å². The number of halogens is 1. The number of nitro groups is 1. The van der Waals surface area contributed by atoms with Gasteiger partial charge in [0.1, 0.15) is 5.69 Å². The van der Waals surface area contributed by atoms with Gasteiger partial charge in [-0.15, -0.1) is 0 Å². The molecule has 1 unspecified atom stereocenters. The van der Waals surface area contributed by atoms with Gasteiger partial charge in [0, 0.05) is 23.5 Å². The molecule has 1 heterocycles. The summed E-state index contributed by atoms with van der Waals surface area (Å²) in [6.45, 7) is 0. The molecule has 2 N–H and O–H groups in total. The predicted molar refractivity (Wildman–Crippen MR) is 93.0 cm³/mol. The normalized spacial score (nSPS) is 12.0. The van der Waals surface area contributed by atoms with E-state index >= 15 is 0 Å². The van der Waals surface area contributed by atoms with Gasteiger partial charge in [-0.25, -0.2) is 4.98 Å². The number of nitrogens with zero attached hydrogens (tertiary/aromatic N) is 3. The molecule has 2 aromatic carbocycles. The maximum atomic E-state index is 11.1. The Bertz CT molecular complexity index is 848. The van der Waals surface area contributed by atoms with Crippen LogP contribution in [0, 0.1) is 10.1 Å². The SMILES string of the molecule is Nc1ccc(CC(c2ccc(Cl)cc2)n2ccnc2)cc1[N+](=O)[O-]. The van der Waals surface area contributed by atoms with Crippen molar-refractivity contribution in [2.45, 2.75) is 12.5 Å². The molecule has 0 radical (unpaired) electrons. The third-order valence-corrected chi connectivity index (χ3v) is 4.11. The van der Waals surface area contributed by atoms with Crippen LogP contribution in [-0.2, 0) is 6.42 Å². The molecule has 0 aliphatic heterocycles. The lowest BCUT2D eigenvalue weighted by molar-refractivity contribution is -0.384. The summed E-state index contributed by atoms with van der Waals surface area (Å²) < 4.78 is 1.96. The first kappa shape index (κ1) is 16.0. The highest BCUT2D eigenvalue weighted by Crippen LogP contribution is 2.28. The van der Waals surface area contributed by atoms with Crippen molar-refractivity contribution in [3.8, 4) is 0 Å². The van der Waals surface area contributed by atoms with E-state index < -0.39 is 4.92 Å². The van der Waals surface area contributed by atoms with Crippen molar-refractivity contribution in [3.63, 3.8) is 0 Å². The minimum absolute atomic E-state index is 0.0482. The minimum atomic E-state index is -0.465. The quantitative estimate of drug-likeness (QED) is 0.433. The van der Waals surface area contributed by atoms with Gasteiger partial charge in [-0.2, -0.15) is 0 Å². The molecule has 0 bridgehead atoms. The zero-order valence-electron chi connectivity index (χ0n) is 12.7. The van der Waals surface area contributed by atoms with E-state index in [1.165, 1.54) is 6.07 Å². The molecular formula is C17H15ClN4O2. The van der Waals surface area contributed by atoms with Gasteiger partial charge in [-0.1, -0.05) is 29.8 Å². The molecule has 0 spiro atoms. The average Bonchev–Trinajstić information content (AvgIpc) is 3.09. The van der Waals surface area contributed by atoms with Crippen molar-refractivity contribution >= 4 is 23.0 Å². The van der Waals surface area contributed by atoms with Crippen LogP contribution in [0.3, 0.4) is 0 Å². The summed E-state index contributed by atoms with van der Waals surface area (Å²) >= 11 is 5.97. The van der Waals surface area contributed by atoms with E-state index in [4.69, 9.17) is 17.3 Å². The molecule has 3 aromatic rings. The smallest absolute Gasteiger partial charge is 0.292 e. The summed E-state index contributed by atoms with van der Waals surface area (Å²) in [5.41, 5.74) is 7.62. The van der Waals surface area contributed by atoms with Crippen molar-refractivity contribution in [3.05, 3.63) is 87.4 Å². The van der Waals surface area contributed by atoms with E-state index in [1.807, 2.05) is 41.1 Å². The Morgan fingerprint density at radius 2 is 2.00 bits per heavy atom. The van der Waals surface area contributed by atoms with Gasteiger partial charge >= 0.3 is 0 Å². The van der Waals surface area contributed by atoms with E-state index in [0.29, 0.717) is 11.4 Å². The Labute approximate surface area is 143 Å². The Balaban J connectivity index is 1.97. The van der Waals surface area contributed by atoms with Gasteiger partial charge in [-0.05, 0) is 35.7 Å². The van der Waals surface area contributed by atoms with Crippen molar-refractivity contribution in [2.24, 2.45) is 0 Å². The molecule has 1 atom stereocenters. The molecule has 0 fully saturated rings. The first-order valence-electron chi connectivity index (χ1n) is 7.30. The Morgan fingerprint density at radius 3 is 2.62 bits per heavy atom. The molecular weight excluding hydrogens is 328 g/mol. The Hall–Kier alpha value is -2.86. The van der Waals surface area contributed by atoms with Crippen molar-refractivity contribution in [1.29, 1.82) is 0 Å². The zero-order valence-corrected chi connectivity index (χ0v) is 13.4. The van der Waals surface area contributed by atoms with Crippen LogP contribution < -0.4 is 5.73 Å². The summed E-state index contributed by atoms with van der Waals surface area (Å²) in [7, 11) is 0. The van der Waals surface area contributed by atoms with Gasteiger partial charge < -0.3 is 10.3 Å². The molecule has 0 amide bonds. The fourth-order valence-corrected chi connectivity index (χ4v) is 2.76. The molecule has 7 heteroatoms. The molecule has 3 rings (SSSR count). The maximum Gasteiger partial charge on any atom is 0.292 e. The number of nitrogens with two attached hydrogens (primary N) is 1. The van der Waals surface area contributed by atoms with Crippen LogP contribution in [0.5, 0.6) is 0 Å². The Morgan fingerprint density at radius 1 is 1.25 bits per heavy atom. The molecule has 0 saturated heterocycles. The van der Waals surface area contributed by atoms with Gasteiger partial charge in [0.25, 0.3) is 5.69 Å². The zero-order chi connectivity index (χ0) is 17.1. The Kier molecular flexibility index (Phi) is 4.48. The lowest BCUT2D eigenvalue weighted by Crippen LogP contribution is -2.12. The average molecular weight is 343 g/mol. The lowest BCUT2D eigenvalue weighted by Gasteiger charge is -2.19. The fourth-order valence-electron chi connectivity index (χ4n) is 2.63. The van der Waals surface area contributed by atoms with Gasteiger partial charge in [0.05, 0.1) is 17.3 Å². The number of nitrogen functional groups attached to an aromatic ring is 1. The van der Waals surface area contributed by atoms with Crippen molar-refractivity contribution < 1.29 is 4.92 Å². The predicted octanol–water partition coefficient (Wildman–Crippen LogP) is 3.86. The molecule has 122 valence electrons. The molecule has 0 saturated carbocycles. The second kappa shape index (κ2) is 6.72. The summed E-state index contributed by atoms with van der Waals surface area (Å²) in [6, 6.07) is 12.4. The van der Waals surface area contributed by atoms with Crippen LogP contribution in [-0.4, -0.2) is 14.5 Å². The van der Waals surface area contributed by atoms with E-state index in [1.54, 1.807) is 18.6 Å². The number of hydrogen-bond donors (Lipinski definition) is 1. The third kappa shape index (κ3) is 3.38. The van der Waals surface area contributed by atoms with E-state index in [-0.39, 0.29) is 17.4 Å². The van der Waals surface area contributed by atoms with Crippen LogP contribution in [0.4, 0.5) is 11.4 Å². The number of imidazole rings is 1. The highest BCUT2D eigenvalue weighted by Gasteiger charge is 2.17. The minimum Gasteiger partial charge on any atom is -0.393 e. The topological polar surface area (TPSA) is 87.0 Å². The van der Waals surface area contributed by atoms with Crippen molar-refractivity contribution in [1.82, 2.24) is 9.55 Å². The number of anilines is 1. The van der Waals surface area contributed by atoms with Crippen molar-refractivity contribution in [2.75, 3.05) is 5.73 Å². The number of rotatable bonds is 5.